The molecule has 1 atom stereocenters. The third kappa shape index (κ3) is 2.76. The maximum absolute atomic E-state index is 5.42. The van der Waals surface area contributed by atoms with Crippen LogP contribution in [0.5, 0.6) is 0 Å². The minimum absolute atomic E-state index is 0.377. The maximum atomic E-state index is 5.42. The van der Waals surface area contributed by atoms with Crippen LogP contribution in [0.3, 0.4) is 0 Å². The van der Waals surface area contributed by atoms with E-state index in [0.29, 0.717) is 6.04 Å². The van der Waals surface area contributed by atoms with Crippen LogP contribution in [-0.2, 0) is 11.3 Å². The zero-order valence-corrected chi connectivity index (χ0v) is 9.15. The van der Waals surface area contributed by atoms with Crippen LogP contribution in [0.2, 0.25) is 0 Å². The first kappa shape index (κ1) is 10.6. The van der Waals surface area contributed by atoms with Crippen LogP contribution in [0, 0.1) is 0 Å². The second-order valence-corrected chi connectivity index (χ2v) is 3.84. The molecule has 0 amide bonds. The first-order chi connectivity index (χ1) is 7.40. The van der Waals surface area contributed by atoms with E-state index in [-0.39, 0.29) is 0 Å². The van der Waals surface area contributed by atoms with Crippen LogP contribution in [0.15, 0.2) is 6.20 Å². The summed E-state index contributed by atoms with van der Waals surface area (Å²) in [6.45, 7) is 5.49. The van der Waals surface area contributed by atoms with Gasteiger partial charge in [0.25, 0.3) is 0 Å². The topological polar surface area (TPSA) is 52.0 Å². The van der Waals surface area contributed by atoms with Crippen molar-refractivity contribution in [2.24, 2.45) is 0 Å². The standard InChI is InChI=1S/C10H18N4O/c1-2-11-6-9-7-14(13-12-9)10-4-3-5-15-8-10/h7,10-11H,2-6,8H2,1H3. The smallest absolute Gasteiger partial charge is 0.0964 e. The van der Waals surface area contributed by atoms with Gasteiger partial charge in [0, 0.05) is 13.2 Å². The van der Waals surface area contributed by atoms with Crippen LogP contribution < -0.4 is 5.32 Å². The van der Waals surface area contributed by atoms with E-state index in [0.717, 1.165) is 44.8 Å². The van der Waals surface area contributed by atoms with Crippen LogP contribution in [0.1, 0.15) is 31.5 Å². The lowest BCUT2D eigenvalue weighted by Gasteiger charge is -2.21. The maximum Gasteiger partial charge on any atom is 0.0964 e. The molecule has 1 aliphatic rings. The molecule has 1 fully saturated rings. The number of nitrogens with one attached hydrogen (secondary N) is 1. The van der Waals surface area contributed by atoms with Crippen molar-refractivity contribution in [3.63, 3.8) is 0 Å². The number of aromatic nitrogens is 3. The molecule has 1 unspecified atom stereocenters. The molecule has 5 heteroatoms. The Hall–Kier alpha value is -0.940. The molecule has 2 rings (SSSR count). The highest BCUT2D eigenvalue weighted by Gasteiger charge is 2.16. The molecule has 1 saturated heterocycles. The van der Waals surface area contributed by atoms with Crippen LogP contribution >= 0.6 is 0 Å². The van der Waals surface area contributed by atoms with Gasteiger partial charge in [0.2, 0.25) is 0 Å². The lowest BCUT2D eigenvalue weighted by molar-refractivity contribution is 0.0543. The average molecular weight is 210 g/mol. The van der Waals surface area contributed by atoms with Gasteiger partial charge < -0.3 is 10.1 Å². The van der Waals surface area contributed by atoms with Crippen molar-refractivity contribution in [1.82, 2.24) is 20.3 Å². The summed E-state index contributed by atoms with van der Waals surface area (Å²) < 4.78 is 7.36. The van der Waals surface area contributed by atoms with Crippen molar-refractivity contribution in [3.8, 4) is 0 Å². The van der Waals surface area contributed by atoms with E-state index in [4.69, 9.17) is 4.74 Å². The molecule has 1 N–H and O–H groups in total. The van der Waals surface area contributed by atoms with Gasteiger partial charge in [-0.25, -0.2) is 4.68 Å². The summed E-state index contributed by atoms with van der Waals surface area (Å²) in [5.41, 5.74) is 1.00. The monoisotopic (exact) mass is 210 g/mol. The molecule has 1 aromatic heterocycles. The normalized spacial score (nSPS) is 21.8. The van der Waals surface area contributed by atoms with E-state index in [9.17, 15) is 0 Å². The quantitative estimate of drug-likeness (QED) is 0.796. The number of nitrogens with zero attached hydrogens (tertiary/aromatic N) is 3. The molecule has 2 heterocycles. The van der Waals surface area contributed by atoms with Gasteiger partial charge in [-0.3, -0.25) is 0 Å². The van der Waals surface area contributed by atoms with Crippen molar-refractivity contribution in [1.29, 1.82) is 0 Å². The predicted molar refractivity (Wildman–Crippen MR) is 56.5 cm³/mol. The number of rotatable bonds is 4. The highest BCUT2D eigenvalue weighted by Crippen LogP contribution is 2.17. The minimum Gasteiger partial charge on any atom is -0.379 e. The van der Waals surface area contributed by atoms with Crippen molar-refractivity contribution in [2.45, 2.75) is 32.4 Å². The summed E-state index contributed by atoms with van der Waals surface area (Å²) in [6, 6.07) is 0.377. The molecule has 0 saturated carbocycles. The van der Waals surface area contributed by atoms with E-state index < -0.39 is 0 Å². The molecule has 0 radical (unpaired) electrons. The fourth-order valence-electron chi connectivity index (χ4n) is 1.76. The second kappa shape index (κ2) is 5.23. The Morgan fingerprint density at radius 1 is 1.67 bits per heavy atom. The third-order valence-corrected chi connectivity index (χ3v) is 2.62. The Morgan fingerprint density at radius 3 is 3.33 bits per heavy atom. The van der Waals surface area contributed by atoms with Gasteiger partial charge in [-0.15, -0.1) is 5.10 Å². The van der Waals surface area contributed by atoms with Crippen molar-refractivity contribution in [3.05, 3.63) is 11.9 Å². The van der Waals surface area contributed by atoms with Crippen molar-refractivity contribution >= 4 is 0 Å². The summed E-state index contributed by atoms with van der Waals surface area (Å²) in [5, 5.41) is 11.5. The summed E-state index contributed by atoms with van der Waals surface area (Å²) in [7, 11) is 0. The van der Waals surface area contributed by atoms with Gasteiger partial charge in [-0.1, -0.05) is 12.1 Å². The second-order valence-electron chi connectivity index (χ2n) is 3.84. The summed E-state index contributed by atoms with van der Waals surface area (Å²) >= 11 is 0. The predicted octanol–water partition coefficient (Wildman–Crippen LogP) is 0.739. The zero-order valence-electron chi connectivity index (χ0n) is 9.15. The van der Waals surface area contributed by atoms with E-state index in [1.165, 1.54) is 0 Å². The Bertz CT molecular complexity index is 293. The van der Waals surface area contributed by atoms with Gasteiger partial charge in [0.15, 0.2) is 0 Å². The lowest BCUT2D eigenvalue weighted by atomic mass is 10.1. The van der Waals surface area contributed by atoms with E-state index in [1.54, 1.807) is 0 Å². The number of hydrogen-bond donors (Lipinski definition) is 1. The lowest BCUT2D eigenvalue weighted by Crippen LogP contribution is -2.21. The Balaban J connectivity index is 1.93. The van der Waals surface area contributed by atoms with Crippen molar-refractivity contribution in [2.75, 3.05) is 19.8 Å². The van der Waals surface area contributed by atoms with Crippen LogP contribution in [-0.4, -0.2) is 34.8 Å². The summed E-state index contributed by atoms with van der Waals surface area (Å²) in [4.78, 5) is 0. The molecule has 1 aliphatic heterocycles. The zero-order chi connectivity index (χ0) is 10.5. The first-order valence-corrected chi connectivity index (χ1v) is 5.59. The summed E-state index contributed by atoms with van der Waals surface area (Å²) in [5.74, 6) is 0. The van der Waals surface area contributed by atoms with Crippen LogP contribution in [0.4, 0.5) is 0 Å². The van der Waals surface area contributed by atoms with Crippen molar-refractivity contribution < 1.29 is 4.74 Å². The average Bonchev–Trinajstić information content (AvgIpc) is 2.76. The van der Waals surface area contributed by atoms with E-state index in [1.807, 2.05) is 10.9 Å². The summed E-state index contributed by atoms with van der Waals surface area (Å²) in [6.07, 6.45) is 4.28. The Morgan fingerprint density at radius 2 is 2.60 bits per heavy atom. The molecule has 0 aromatic carbocycles. The molecule has 0 aliphatic carbocycles. The number of ether oxygens (including phenoxy) is 1. The highest BCUT2D eigenvalue weighted by molar-refractivity contribution is 4.93. The molecular weight excluding hydrogens is 192 g/mol. The fourth-order valence-corrected chi connectivity index (χ4v) is 1.76. The molecule has 0 bridgehead atoms. The van der Waals surface area contributed by atoms with Crippen LogP contribution in [0.25, 0.3) is 0 Å². The van der Waals surface area contributed by atoms with E-state index in [2.05, 4.69) is 22.6 Å². The molecule has 84 valence electrons. The molecular formula is C10H18N4O. The van der Waals surface area contributed by atoms with Gasteiger partial charge in [0.05, 0.1) is 24.5 Å². The highest BCUT2D eigenvalue weighted by atomic mass is 16.5. The van der Waals surface area contributed by atoms with E-state index >= 15 is 0 Å². The minimum atomic E-state index is 0.377. The largest absolute Gasteiger partial charge is 0.379 e. The molecule has 15 heavy (non-hydrogen) atoms. The Labute approximate surface area is 89.8 Å². The fraction of sp³-hybridized carbons (Fsp3) is 0.800. The van der Waals surface area contributed by atoms with Gasteiger partial charge in [-0.2, -0.15) is 0 Å². The third-order valence-electron chi connectivity index (χ3n) is 2.62. The van der Waals surface area contributed by atoms with Gasteiger partial charge >= 0.3 is 0 Å². The molecule has 1 aromatic rings. The Kier molecular flexibility index (Phi) is 3.69. The molecule has 0 spiro atoms. The van der Waals surface area contributed by atoms with Gasteiger partial charge in [-0.05, 0) is 19.4 Å². The SMILES string of the molecule is CCNCc1cn(C2CCCOC2)nn1. The first-order valence-electron chi connectivity index (χ1n) is 5.59. The molecule has 5 nitrogen and oxygen atoms in total. The number of hydrogen-bond acceptors (Lipinski definition) is 4. The van der Waals surface area contributed by atoms with Gasteiger partial charge in [0.1, 0.15) is 0 Å².